The summed E-state index contributed by atoms with van der Waals surface area (Å²) in [6.07, 6.45) is 4.25. The second-order valence-corrected chi connectivity index (χ2v) is 5.08. The van der Waals surface area contributed by atoms with Crippen LogP contribution < -0.4 is 5.32 Å². The molecule has 0 spiro atoms. The average molecular weight is 287 g/mol. The highest BCUT2D eigenvalue weighted by atomic mass is 16.5. The molecular formula is C16H21N3O2. The Hall–Kier alpha value is -2.17. The zero-order chi connectivity index (χ0) is 15.1. The minimum atomic E-state index is -0.0489. The first kappa shape index (κ1) is 15.2. The number of benzene rings is 1. The van der Waals surface area contributed by atoms with Gasteiger partial charge >= 0.3 is 0 Å². The lowest BCUT2D eigenvalue weighted by Gasteiger charge is -2.05. The van der Waals surface area contributed by atoms with E-state index in [0.717, 1.165) is 12.1 Å². The maximum atomic E-state index is 11.8. The summed E-state index contributed by atoms with van der Waals surface area (Å²) < 4.78 is 4.98. The number of hydrogen-bond donors (Lipinski definition) is 1. The Morgan fingerprint density at radius 2 is 2.00 bits per heavy atom. The van der Waals surface area contributed by atoms with Crippen molar-refractivity contribution in [1.29, 1.82) is 0 Å². The molecule has 2 rings (SSSR count). The van der Waals surface area contributed by atoms with E-state index >= 15 is 0 Å². The zero-order valence-electron chi connectivity index (χ0n) is 12.6. The molecule has 0 aliphatic carbocycles. The monoisotopic (exact) mass is 287 g/mol. The third-order valence-corrected chi connectivity index (χ3v) is 3.19. The van der Waals surface area contributed by atoms with Gasteiger partial charge in [0.25, 0.3) is 0 Å². The van der Waals surface area contributed by atoms with Crippen molar-refractivity contribution in [3.63, 3.8) is 0 Å². The molecular weight excluding hydrogens is 266 g/mol. The van der Waals surface area contributed by atoms with E-state index in [0.29, 0.717) is 24.6 Å². The van der Waals surface area contributed by atoms with E-state index in [4.69, 9.17) is 4.52 Å². The highest BCUT2D eigenvalue weighted by Gasteiger charge is 2.07. The lowest BCUT2D eigenvalue weighted by atomic mass is 10.1. The van der Waals surface area contributed by atoms with Crippen LogP contribution in [0.5, 0.6) is 0 Å². The van der Waals surface area contributed by atoms with E-state index in [1.54, 1.807) is 6.92 Å². The largest absolute Gasteiger partial charge is 0.339 e. The summed E-state index contributed by atoms with van der Waals surface area (Å²) >= 11 is 0. The molecule has 0 atom stereocenters. The molecule has 0 fully saturated rings. The van der Waals surface area contributed by atoms with Gasteiger partial charge in [0.05, 0.1) is 0 Å². The standard InChI is InChI=1S/C16H21N3O2/c1-3-4-5-13-6-8-14(9-7-13)18-15(20)10-11-16-17-12(2)19-21-16/h6-9H,3-5,10-11H2,1-2H3,(H,18,20). The Morgan fingerprint density at radius 3 is 2.62 bits per heavy atom. The van der Waals surface area contributed by atoms with E-state index < -0.39 is 0 Å². The van der Waals surface area contributed by atoms with E-state index in [9.17, 15) is 4.79 Å². The number of hydrogen-bond acceptors (Lipinski definition) is 4. The van der Waals surface area contributed by atoms with Gasteiger partial charge in [0, 0.05) is 18.5 Å². The number of rotatable bonds is 7. The maximum absolute atomic E-state index is 11.8. The molecule has 1 aromatic carbocycles. The first-order valence-electron chi connectivity index (χ1n) is 7.35. The molecule has 0 bridgehead atoms. The van der Waals surface area contributed by atoms with Gasteiger partial charge in [0.1, 0.15) is 0 Å². The van der Waals surface area contributed by atoms with Crippen LogP contribution in [0.25, 0.3) is 0 Å². The van der Waals surface area contributed by atoms with Crippen molar-refractivity contribution in [3.8, 4) is 0 Å². The summed E-state index contributed by atoms with van der Waals surface area (Å²) in [5, 5.41) is 6.57. The molecule has 0 radical (unpaired) electrons. The summed E-state index contributed by atoms with van der Waals surface area (Å²) in [5.74, 6) is 1.04. The van der Waals surface area contributed by atoms with E-state index in [1.807, 2.05) is 12.1 Å². The van der Waals surface area contributed by atoms with Crippen LogP contribution >= 0.6 is 0 Å². The molecule has 1 heterocycles. The van der Waals surface area contributed by atoms with Crippen LogP contribution in [0.1, 0.15) is 43.5 Å². The van der Waals surface area contributed by atoms with E-state index in [-0.39, 0.29) is 5.91 Å². The summed E-state index contributed by atoms with van der Waals surface area (Å²) in [6.45, 7) is 3.94. The molecule has 0 unspecified atom stereocenters. The Labute approximate surface area is 124 Å². The highest BCUT2D eigenvalue weighted by Crippen LogP contribution is 2.12. The molecule has 1 N–H and O–H groups in total. The Morgan fingerprint density at radius 1 is 1.24 bits per heavy atom. The number of nitrogens with zero attached hydrogens (tertiary/aromatic N) is 2. The third-order valence-electron chi connectivity index (χ3n) is 3.19. The number of unbranched alkanes of at least 4 members (excludes halogenated alkanes) is 1. The van der Waals surface area contributed by atoms with Crippen LogP contribution in [0.3, 0.4) is 0 Å². The van der Waals surface area contributed by atoms with Gasteiger partial charge in [-0.2, -0.15) is 4.98 Å². The number of carbonyl (C=O) groups is 1. The minimum Gasteiger partial charge on any atom is -0.339 e. The van der Waals surface area contributed by atoms with Gasteiger partial charge < -0.3 is 9.84 Å². The average Bonchev–Trinajstić information content (AvgIpc) is 2.90. The fourth-order valence-electron chi connectivity index (χ4n) is 2.02. The predicted molar refractivity (Wildman–Crippen MR) is 81.0 cm³/mol. The first-order chi connectivity index (χ1) is 10.2. The number of carbonyl (C=O) groups excluding carboxylic acids is 1. The summed E-state index contributed by atoms with van der Waals surface area (Å²) in [5.41, 5.74) is 2.12. The summed E-state index contributed by atoms with van der Waals surface area (Å²) in [7, 11) is 0. The molecule has 5 nitrogen and oxygen atoms in total. The first-order valence-corrected chi connectivity index (χ1v) is 7.35. The topological polar surface area (TPSA) is 68.0 Å². The molecule has 2 aromatic rings. The number of anilines is 1. The Balaban J connectivity index is 1.79. The van der Waals surface area contributed by atoms with Gasteiger partial charge in [-0.3, -0.25) is 4.79 Å². The van der Waals surface area contributed by atoms with Gasteiger partial charge in [-0.05, 0) is 37.5 Å². The van der Waals surface area contributed by atoms with Crippen LogP contribution in [0.2, 0.25) is 0 Å². The number of amides is 1. The van der Waals surface area contributed by atoms with Gasteiger partial charge in [-0.15, -0.1) is 0 Å². The molecule has 0 saturated heterocycles. The highest BCUT2D eigenvalue weighted by molar-refractivity contribution is 5.90. The second kappa shape index (κ2) is 7.57. The van der Waals surface area contributed by atoms with Crippen molar-refractivity contribution < 1.29 is 9.32 Å². The van der Waals surface area contributed by atoms with Crippen molar-refractivity contribution in [2.75, 3.05) is 5.32 Å². The molecule has 1 amide bonds. The van der Waals surface area contributed by atoms with Crippen LogP contribution in [0.4, 0.5) is 5.69 Å². The fraction of sp³-hybridized carbons (Fsp3) is 0.438. The fourth-order valence-corrected chi connectivity index (χ4v) is 2.02. The molecule has 0 saturated carbocycles. The maximum Gasteiger partial charge on any atom is 0.227 e. The summed E-state index contributed by atoms with van der Waals surface area (Å²) in [4.78, 5) is 15.9. The van der Waals surface area contributed by atoms with Crippen LogP contribution in [-0.2, 0) is 17.6 Å². The van der Waals surface area contributed by atoms with Gasteiger partial charge in [-0.1, -0.05) is 30.6 Å². The smallest absolute Gasteiger partial charge is 0.227 e. The number of aromatic nitrogens is 2. The Bertz CT molecular complexity index is 575. The van der Waals surface area contributed by atoms with Crippen molar-refractivity contribution in [2.45, 2.75) is 46.0 Å². The van der Waals surface area contributed by atoms with Crippen molar-refractivity contribution in [2.24, 2.45) is 0 Å². The van der Waals surface area contributed by atoms with E-state index in [1.165, 1.54) is 18.4 Å². The molecule has 5 heteroatoms. The minimum absolute atomic E-state index is 0.0489. The van der Waals surface area contributed by atoms with Gasteiger partial charge in [-0.25, -0.2) is 0 Å². The SMILES string of the molecule is CCCCc1ccc(NC(=O)CCc2nc(C)no2)cc1. The summed E-state index contributed by atoms with van der Waals surface area (Å²) in [6, 6.07) is 8.01. The third kappa shape index (κ3) is 5.02. The van der Waals surface area contributed by atoms with Crippen molar-refractivity contribution in [3.05, 3.63) is 41.5 Å². The normalized spacial score (nSPS) is 10.6. The van der Waals surface area contributed by atoms with Gasteiger partial charge in [0.2, 0.25) is 11.8 Å². The van der Waals surface area contributed by atoms with E-state index in [2.05, 4.69) is 34.5 Å². The molecule has 1 aromatic heterocycles. The lowest BCUT2D eigenvalue weighted by Crippen LogP contribution is -2.12. The Kier molecular flexibility index (Phi) is 5.49. The van der Waals surface area contributed by atoms with Gasteiger partial charge in [0.15, 0.2) is 5.82 Å². The molecule has 0 aliphatic rings. The van der Waals surface area contributed by atoms with Crippen LogP contribution in [0.15, 0.2) is 28.8 Å². The van der Waals surface area contributed by atoms with Crippen molar-refractivity contribution >= 4 is 11.6 Å². The quantitative estimate of drug-likeness (QED) is 0.848. The van der Waals surface area contributed by atoms with Crippen molar-refractivity contribution in [1.82, 2.24) is 10.1 Å². The van der Waals surface area contributed by atoms with Crippen LogP contribution in [0, 0.1) is 6.92 Å². The van der Waals surface area contributed by atoms with Crippen LogP contribution in [-0.4, -0.2) is 16.0 Å². The second-order valence-electron chi connectivity index (χ2n) is 5.08. The number of aryl methyl sites for hydroxylation is 3. The molecule has 21 heavy (non-hydrogen) atoms. The number of nitrogens with one attached hydrogen (secondary N) is 1. The molecule has 112 valence electrons. The zero-order valence-corrected chi connectivity index (χ0v) is 12.6. The predicted octanol–water partition coefficient (Wildman–Crippen LogP) is 3.29. The molecule has 0 aliphatic heterocycles. The lowest BCUT2D eigenvalue weighted by molar-refractivity contribution is -0.116.